The van der Waals surface area contributed by atoms with E-state index in [0.29, 0.717) is 0 Å². The summed E-state index contributed by atoms with van der Waals surface area (Å²) in [6.45, 7) is 1.15. The minimum atomic E-state index is -4.75. The van der Waals surface area contributed by atoms with E-state index in [2.05, 4.69) is 12.9 Å². The number of hydrogen-bond acceptors (Lipinski definition) is 9. The number of hydrogen-bond donors (Lipinski definition) is 4. The van der Waals surface area contributed by atoms with Gasteiger partial charge in [-0.25, -0.2) is 17.8 Å². The largest absolute Gasteiger partial charge is 0.488 e. The predicted octanol–water partition coefficient (Wildman–Crippen LogP) is 0.00320. The summed E-state index contributed by atoms with van der Waals surface area (Å²) in [6, 6.07) is 0. The maximum Gasteiger partial charge on any atom is 0.488 e. The van der Waals surface area contributed by atoms with Crippen LogP contribution in [0.4, 0.5) is 0 Å². The number of rotatable bonds is 3. The van der Waals surface area contributed by atoms with Gasteiger partial charge in [0.15, 0.2) is 0 Å². The van der Waals surface area contributed by atoms with Crippen molar-refractivity contribution in [2.24, 2.45) is 0 Å². The second-order valence-electron chi connectivity index (χ2n) is 4.06. The Hall–Kier alpha value is 0.530. The van der Waals surface area contributed by atoms with Crippen molar-refractivity contribution < 1.29 is 51.3 Å². The highest BCUT2D eigenvalue weighted by Gasteiger charge is 2.49. The smallest absolute Gasteiger partial charge is 0.388 e. The van der Waals surface area contributed by atoms with Crippen LogP contribution in [0.2, 0.25) is 0 Å². The zero-order valence-corrected chi connectivity index (χ0v) is 12.7. The van der Waals surface area contributed by atoms with Gasteiger partial charge in [0, 0.05) is 0 Å². The number of aliphatic hydroxyl groups excluding tert-OH is 2. The molecule has 0 aromatic heterocycles. The molecule has 2 aliphatic heterocycles. The van der Waals surface area contributed by atoms with Gasteiger partial charge in [-0.15, -0.1) is 0 Å². The fraction of sp³-hybridized carbons (Fsp3) is 1.00. The molecule has 11 nitrogen and oxygen atoms in total. The Labute approximate surface area is 114 Å². The van der Waals surface area contributed by atoms with E-state index in [1.54, 1.807) is 0 Å². The molecule has 20 heavy (non-hydrogen) atoms. The second-order valence-corrected chi connectivity index (χ2v) is 8.60. The molecule has 0 aliphatic carbocycles. The monoisotopic (exact) mass is 354 g/mol. The van der Waals surface area contributed by atoms with Gasteiger partial charge in [0.2, 0.25) is 0 Å². The van der Waals surface area contributed by atoms with Crippen molar-refractivity contribution in [3.8, 4) is 0 Å². The highest BCUT2D eigenvalue weighted by Crippen LogP contribution is 2.76. The first kappa shape index (κ1) is 16.9. The lowest BCUT2D eigenvalue weighted by molar-refractivity contribution is -0.0138. The van der Waals surface area contributed by atoms with Crippen molar-refractivity contribution in [2.75, 3.05) is 6.61 Å². The fourth-order valence-electron chi connectivity index (χ4n) is 1.60. The molecule has 0 aromatic carbocycles. The summed E-state index contributed by atoms with van der Waals surface area (Å²) in [5, 5.41) is 19.1. The quantitative estimate of drug-likeness (QED) is 0.505. The minimum Gasteiger partial charge on any atom is -0.388 e. The van der Waals surface area contributed by atoms with Crippen LogP contribution in [0.1, 0.15) is 6.92 Å². The van der Waals surface area contributed by atoms with E-state index >= 15 is 0 Å². The summed E-state index contributed by atoms with van der Waals surface area (Å²) in [6.07, 6.45) is -3.91. The third kappa shape index (κ3) is 4.04. The molecule has 2 fully saturated rings. The highest BCUT2D eigenvalue weighted by molar-refractivity contribution is 7.72. The van der Waals surface area contributed by atoms with E-state index in [9.17, 15) is 19.3 Å². The van der Waals surface area contributed by atoms with Crippen LogP contribution in [0.15, 0.2) is 0 Å². The Bertz CT molecular complexity index is 431. The number of aliphatic hydroxyl groups is 2. The van der Waals surface area contributed by atoms with Crippen molar-refractivity contribution in [1.82, 2.24) is 0 Å². The zero-order chi connectivity index (χ0) is 15.1. The molecule has 6 atom stereocenters. The normalized spacial score (nSPS) is 53.1. The van der Waals surface area contributed by atoms with Gasteiger partial charge in [-0.05, 0) is 6.92 Å². The van der Waals surface area contributed by atoms with Crippen LogP contribution in [0, 0.1) is 0 Å². The van der Waals surface area contributed by atoms with Crippen LogP contribution in [0.3, 0.4) is 0 Å². The maximum atomic E-state index is 11.1. The molecule has 2 rings (SSSR count). The lowest BCUT2D eigenvalue weighted by atomic mass is 10.1. The number of ether oxygens (including phenoxy) is 1. The maximum absolute atomic E-state index is 11.1. The molecule has 4 N–H and O–H groups in total. The molecule has 0 radical (unpaired) electrons. The third-order valence-corrected chi connectivity index (χ3v) is 7.22. The van der Waals surface area contributed by atoms with Crippen molar-refractivity contribution in [3.63, 3.8) is 0 Å². The van der Waals surface area contributed by atoms with Crippen LogP contribution < -0.4 is 0 Å². The van der Waals surface area contributed by atoms with Gasteiger partial charge in [0.05, 0.1) is 12.7 Å². The topological polar surface area (TPSA) is 161 Å². The lowest BCUT2D eigenvalue weighted by Gasteiger charge is -2.27. The fourth-order valence-corrected chi connectivity index (χ4v) is 5.80. The first-order valence-corrected chi connectivity index (χ1v) is 9.39. The summed E-state index contributed by atoms with van der Waals surface area (Å²) >= 11 is 0. The molecule has 2 aliphatic rings. The van der Waals surface area contributed by atoms with E-state index in [1.165, 1.54) is 6.92 Å². The van der Waals surface area contributed by atoms with E-state index in [4.69, 9.17) is 19.0 Å². The summed E-state index contributed by atoms with van der Waals surface area (Å²) in [5.74, 6) is 0. The van der Waals surface area contributed by atoms with Crippen molar-refractivity contribution in [2.45, 2.75) is 31.3 Å². The Morgan fingerprint density at radius 3 is 2.15 bits per heavy atom. The van der Waals surface area contributed by atoms with Gasteiger partial charge in [-0.1, -0.05) is 0 Å². The standard InChI is InChI=1S/C6H13O11P3/c1-3-5(7)6(8)4(14-3)2-13-18-15-19(9,10)17-20(11,12)16-18/h3-8H,2H2,1H3,(H,9,10)(H,11,12)/t3-,4+,5?,6?/m0/s1. The Kier molecular flexibility index (Phi) is 5.04. The molecule has 14 heteroatoms. The first-order chi connectivity index (χ1) is 9.10. The Balaban J connectivity index is 1.91. The first-order valence-electron chi connectivity index (χ1n) is 5.31. The van der Waals surface area contributed by atoms with Crippen LogP contribution in [-0.2, 0) is 31.3 Å². The van der Waals surface area contributed by atoms with Gasteiger partial charge in [0.25, 0.3) is 0 Å². The lowest BCUT2D eigenvalue weighted by Crippen LogP contribution is -2.33. The Morgan fingerprint density at radius 2 is 1.70 bits per heavy atom. The van der Waals surface area contributed by atoms with Crippen molar-refractivity contribution in [1.29, 1.82) is 0 Å². The molecule has 4 unspecified atom stereocenters. The molecule has 0 amide bonds. The molecule has 0 spiro atoms. The van der Waals surface area contributed by atoms with E-state index in [-0.39, 0.29) is 6.61 Å². The van der Waals surface area contributed by atoms with Crippen molar-refractivity contribution in [3.05, 3.63) is 0 Å². The third-order valence-electron chi connectivity index (χ3n) is 2.49. The molecule has 2 saturated heterocycles. The molecule has 0 saturated carbocycles. The van der Waals surface area contributed by atoms with Crippen LogP contribution in [0.25, 0.3) is 0 Å². The Morgan fingerprint density at radius 1 is 1.15 bits per heavy atom. The summed E-state index contributed by atoms with van der Waals surface area (Å²) in [7, 11) is -12.1. The SMILES string of the molecule is C[C@@H]1O[C@H](COP2OP(=O)(O)OP(=O)(O)O2)C(O)C1O. The summed E-state index contributed by atoms with van der Waals surface area (Å²) in [4.78, 5) is 18.0. The van der Waals surface area contributed by atoms with Gasteiger partial charge in [-0.2, -0.15) is 4.31 Å². The average molecular weight is 354 g/mol. The minimum absolute atomic E-state index is 0.381. The van der Waals surface area contributed by atoms with E-state index < -0.39 is 48.7 Å². The van der Waals surface area contributed by atoms with Gasteiger partial charge < -0.3 is 29.3 Å². The van der Waals surface area contributed by atoms with Gasteiger partial charge in [0.1, 0.15) is 18.3 Å². The molecule has 2 heterocycles. The average Bonchev–Trinajstić information content (AvgIpc) is 2.50. The van der Waals surface area contributed by atoms with Crippen molar-refractivity contribution >= 4 is 24.2 Å². The molecular formula is C6H13O11P3. The molecular weight excluding hydrogens is 341 g/mol. The van der Waals surface area contributed by atoms with Gasteiger partial charge >= 0.3 is 24.2 Å². The molecule has 0 aromatic rings. The van der Waals surface area contributed by atoms with Crippen LogP contribution in [0.5, 0.6) is 0 Å². The van der Waals surface area contributed by atoms with Crippen LogP contribution >= 0.6 is 24.2 Å². The summed E-state index contributed by atoms with van der Waals surface area (Å²) < 4.78 is 44.8. The van der Waals surface area contributed by atoms with E-state index in [0.717, 1.165) is 0 Å². The van der Waals surface area contributed by atoms with Gasteiger partial charge in [-0.3, -0.25) is 0 Å². The molecule has 0 bridgehead atoms. The molecule has 118 valence electrons. The predicted molar refractivity (Wildman–Crippen MR) is 62.1 cm³/mol. The zero-order valence-electron chi connectivity index (χ0n) is 10.0. The van der Waals surface area contributed by atoms with E-state index in [1.807, 2.05) is 0 Å². The highest BCUT2D eigenvalue weighted by atomic mass is 31.3. The number of phosphoric acid groups is 2. The van der Waals surface area contributed by atoms with Crippen LogP contribution in [-0.4, -0.2) is 51.0 Å². The summed E-state index contributed by atoms with van der Waals surface area (Å²) in [5.41, 5.74) is 0. The second kappa shape index (κ2) is 5.96.